The van der Waals surface area contributed by atoms with Crippen LogP contribution in [-0.4, -0.2) is 50.5 Å². The predicted octanol–water partition coefficient (Wildman–Crippen LogP) is 4.87. The van der Waals surface area contributed by atoms with Crippen LogP contribution in [0.5, 0.6) is 0 Å². The van der Waals surface area contributed by atoms with Crippen LogP contribution in [0, 0.1) is 0 Å². The number of rotatable bonds is 2. The molecular weight excluding hydrogens is 448 g/mol. The van der Waals surface area contributed by atoms with Gasteiger partial charge in [-0.05, 0) is 42.7 Å². The van der Waals surface area contributed by atoms with Gasteiger partial charge in [0.15, 0.2) is 0 Å². The molecular formula is C26H23ClN6O. The van der Waals surface area contributed by atoms with Crippen molar-refractivity contribution in [3.05, 3.63) is 70.8 Å². The van der Waals surface area contributed by atoms with Crippen LogP contribution >= 0.6 is 11.6 Å². The number of nitrogens with zero attached hydrogens (tertiary/aromatic N) is 6. The van der Waals surface area contributed by atoms with E-state index in [-0.39, 0.29) is 18.0 Å². The Kier molecular flexibility index (Phi) is 4.27. The maximum Gasteiger partial charge on any atom is 0.254 e. The summed E-state index contributed by atoms with van der Waals surface area (Å²) in [5, 5.41) is 0.627. The molecule has 34 heavy (non-hydrogen) atoms. The number of imidazole rings is 1. The van der Waals surface area contributed by atoms with Crippen molar-refractivity contribution >= 4 is 34.5 Å². The van der Waals surface area contributed by atoms with Crippen LogP contribution in [-0.2, 0) is 0 Å². The normalized spacial score (nSPS) is 21.2. The summed E-state index contributed by atoms with van der Waals surface area (Å²) >= 11 is 6.68. The van der Waals surface area contributed by atoms with Crippen molar-refractivity contribution in [3.63, 3.8) is 0 Å². The summed E-state index contributed by atoms with van der Waals surface area (Å²) in [6, 6.07) is 11.8. The molecule has 8 heteroatoms. The van der Waals surface area contributed by atoms with E-state index in [1.54, 1.807) is 0 Å². The van der Waals surface area contributed by atoms with Gasteiger partial charge in [-0.3, -0.25) is 4.79 Å². The highest BCUT2D eigenvalue weighted by Gasteiger charge is 2.44. The molecule has 3 aliphatic rings. The zero-order valence-corrected chi connectivity index (χ0v) is 19.5. The first-order valence-electron chi connectivity index (χ1n) is 11.7. The Balaban J connectivity index is 1.36. The van der Waals surface area contributed by atoms with Gasteiger partial charge < -0.3 is 14.4 Å². The number of amides is 1. The van der Waals surface area contributed by atoms with Crippen molar-refractivity contribution in [1.82, 2.24) is 24.4 Å². The van der Waals surface area contributed by atoms with Crippen molar-refractivity contribution in [1.29, 1.82) is 0 Å². The first kappa shape index (κ1) is 20.0. The molecule has 1 amide bonds. The third kappa shape index (κ3) is 2.76. The number of halogens is 1. The number of carbonyl (C=O) groups excluding carboxylic acids is 1. The topological polar surface area (TPSA) is 67.2 Å². The van der Waals surface area contributed by atoms with Gasteiger partial charge >= 0.3 is 0 Å². The van der Waals surface area contributed by atoms with E-state index in [2.05, 4.69) is 31.6 Å². The van der Waals surface area contributed by atoms with Gasteiger partial charge in [0, 0.05) is 60.7 Å². The van der Waals surface area contributed by atoms with Crippen molar-refractivity contribution in [2.24, 2.45) is 0 Å². The molecule has 170 valence electrons. The quantitative estimate of drug-likeness (QED) is 0.418. The Morgan fingerprint density at radius 2 is 1.79 bits per heavy atom. The van der Waals surface area contributed by atoms with Crippen LogP contribution in [0.25, 0.3) is 22.2 Å². The second kappa shape index (κ2) is 7.27. The fourth-order valence-electron chi connectivity index (χ4n) is 5.80. The molecule has 7 nitrogen and oxygen atoms in total. The summed E-state index contributed by atoms with van der Waals surface area (Å²) in [5.41, 5.74) is 5.55. The van der Waals surface area contributed by atoms with Crippen molar-refractivity contribution in [3.8, 4) is 11.1 Å². The summed E-state index contributed by atoms with van der Waals surface area (Å²) < 4.78 is 2.27. The van der Waals surface area contributed by atoms with E-state index >= 15 is 0 Å². The molecule has 2 aromatic carbocycles. The second-order valence-electron chi connectivity index (χ2n) is 9.39. The summed E-state index contributed by atoms with van der Waals surface area (Å²) in [4.78, 5) is 31.4. The molecule has 3 aliphatic heterocycles. The van der Waals surface area contributed by atoms with Crippen molar-refractivity contribution in [2.45, 2.75) is 31.3 Å². The van der Waals surface area contributed by atoms with Crippen LogP contribution in [0.4, 0.5) is 5.95 Å². The van der Waals surface area contributed by atoms with Gasteiger partial charge in [-0.2, -0.15) is 0 Å². The van der Waals surface area contributed by atoms with E-state index in [1.807, 2.05) is 48.6 Å². The van der Waals surface area contributed by atoms with Crippen LogP contribution < -0.4 is 4.90 Å². The molecule has 1 saturated heterocycles. The smallest absolute Gasteiger partial charge is 0.254 e. The molecule has 0 aliphatic carbocycles. The highest BCUT2D eigenvalue weighted by Crippen LogP contribution is 2.49. The van der Waals surface area contributed by atoms with Gasteiger partial charge in [0.1, 0.15) is 5.82 Å². The fraction of sp³-hybridized carbons (Fsp3) is 0.308. The molecule has 2 bridgehead atoms. The lowest BCUT2D eigenvalue weighted by molar-refractivity contribution is 0.0734. The summed E-state index contributed by atoms with van der Waals surface area (Å²) in [6.07, 6.45) is 6.99. The van der Waals surface area contributed by atoms with Crippen molar-refractivity contribution in [2.75, 3.05) is 25.0 Å². The Morgan fingerprint density at radius 1 is 1.00 bits per heavy atom. The molecule has 1 fully saturated rings. The maximum atomic E-state index is 13.2. The fourth-order valence-corrected chi connectivity index (χ4v) is 6.10. The van der Waals surface area contributed by atoms with E-state index in [1.165, 1.54) is 12.8 Å². The van der Waals surface area contributed by atoms with Crippen LogP contribution in [0.2, 0.25) is 5.02 Å². The highest BCUT2D eigenvalue weighted by molar-refractivity contribution is 6.32. The van der Waals surface area contributed by atoms with Crippen LogP contribution in [0.3, 0.4) is 0 Å². The Labute approximate surface area is 202 Å². The maximum absolute atomic E-state index is 13.2. The minimum atomic E-state index is -0.0834. The average molecular weight is 471 g/mol. The monoisotopic (exact) mass is 470 g/mol. The average Bonchev–Trinajstić information content (AvgIpc) is 3.58. The number of hydrogen-bond acceptors (Lipinski definition) is 5. The molecule has 0 N–H and O–H groups in total. The van der Waals surface area contributed by atoms with E-state index in [0.29, 0.717) is 10.6 Å². The second-order valence-corrected chi connectivity index (χ2v) is 9.80. The Bertz CT molecular complexity index is 1460. The molecule has 0 saturated carbocycles. The predicted molar refractivity (Wildman–Crippen MR) is 131 cm³/mol. The minimum absolute atomic E-state index is 0.000707. The first-order valence-corrected chi connectivity index (χ1v) is 12.1. The standard InChI is InChI=1S/C26H23ClN6O/c1-31-22-12-21(23-17(25(31)34)5-4-6-18(23)27)33-20-11-15(7-8-19(20)30-24(22)33)16-13-28-26(29-14-16)32-9-2-3-10-32/h4-8,11,13-14,21-22H,2-3,9-10,12H2,1H3. The lowest BCUT2D eigenvalue weighted by atomic mass is 9.98. The number of fused-ring (bicyclic) bond motifs is 9. The van der Waals surface area contributed by atoms with Gasteiger partial charge in [-0.15, -0.1) is 0 Å². The number of aromatic nitrogens is 4. The highest BCUT2D eigenvalue weighted by atomic mass is 35.5. The van der Waals surface area contributed by atoms with Gasteiger partial charge in [0.2, 0.25) is 5.95 Å². The molecule has 2 aromatic heterocycles. The molecule has 7 rings (SSSR count). The van der Waals surface area contributed by atoms with Gasteiger partial charge in [-0.1, -0.05) is 23.7 Å². The lowest BCUT2D eigenvalue weighted by Crippen LogP contribution is -2.30. The Morgan fingerprint density at radius 3 is 2.59 bits per heavy atom. The zero-order chi connectivity index (χ0) is 23.0. The van der Waals surface area contributed by atoms with E-state index < -0.39 is 0 Å². The number of benzene rings is 2. The molecule has 0 radical (unpaired) electrons. The molecule has 2 atom stereocenters. The van der Waals surface area contributed by atoms with Crippen LogP contribution in [0.15, 0.2) is 48.8 Å². The first-order chi connectivity index (χ1) is 16.6. The molecule has 5 heterocycles. The number of anilines is 1. The van der Waals surface area contributed by atoms with E-state index in [0.717, 1.165) is 59.0 Å². The van der Waals surface area contributed by atoms with Crippen LogP contribution in [0.1, 0.15) is 53.1 Å². The summed E-state index contributed by atoms with van der Waals surface area (Å²) in [7, 11) is 1.86. The van der Waals surface area contributed by atoms with Gasteiger partial charge in [0.25, 0.3) is 5.91 Å². The minimum Gasteiger partial charge on any atom is -0.341 e. The number of carbonyl (C=O) groups is 1. The lowest BCUT2D eigenvalue weighted by Gasteiger charge is -2.24. The number of hydrogen-bond donors (Lipinski definition) is 0. The van der Waals surface area contributed by atoms with E-state index in [9.17, 15) is 4.79 Å². The van der Waals surface area contributed by atoms with Crippen molar-refractivity contribution < 1.29 is 4.79 Å². The molecule has 2 unspecified atom stereocenters. The SMILES string of the molecule is CN1C(=O)c2cccc(Cl)c2C2CC1c1nc3ccc(-c4cnc(N5CCCC5)nc4)cc3n12. The molecule has 4 aromatic rings. The third-order valence-electron chi connectivity index (χ3n) is 7.54. The zero-order valence-electron chi connectivity index (χ0n) is 18.8. The summed E-state index contributed by atoms with van der Waals surface area (Å²) in [6.45, 7) is 2.05. The summed E-state index contributed by atoms with van der Waals surface area (Å²) in [5.74, 6) is 1.72. The Hall–Kier alpha value is -3.45. The largest absolute Gasteiger partial charge is 0.341 e. The van der Waals surface area contributed by atoms with Gasteiger partial charge in [-0.25, -0.2) is 15.0 Å². The van der Waals surface area contributed by atoms with Gasteiger partial charge in [0.05, 0.1) is 23.1 Å². The molecule has 0 spiro atoms. The third-order valence-corrected chi connectivity index (χ3v) is 7.87. The van der Waals surface area contributed by atoms with E-state index in [4.69, 9.17) is 16.6 Å².